The summed E-state index contributed by atoms with van der Waals surface area (Å²) in [5.41, 5.74) is 6.91. The number of methoxy groups -OCH3 is 1. The monoisotopic (exact) mass is 277 g/mol. The molecule has 0 aromatic heterocycles. The van der Waals surface area contributed by atoms with Crippen LogP contribution in [0.3, 0.4) is 0 Å². The van der Waals surface area contributed by atoms with Crippen molar-refractivity contribution in [2.24, 2.45) is 0 Å². The Bertz CT molecular complexity index is 490. The van der Waals surface area contributed by atoms with Crippen LogP contribution < -0.4 is 10.5 Å². The summed E-state index contributed by atoms with van der Waals surface area (Å²) in [5, 5.41) is 0. The van der Waals surface area contributed by atoms with E-state index in [9.17, 15) is 4.79 Å². The molecule has 2 rings (SSSR count). The number of amides is 1. The number of piperazine rings is 1. The Balaban J connectivity index is 2.16. The highest BCUT2D eigenvalue weighted by atomic mass is 16.5. The van der Waals surface area contributed by atoms with Crippen molar-refractivity contribution in [2.45, 2.75) is 19.9 Å². The van der Waals surface area contributed by atoms with E-state index < -0.39 is 0 Å². The fraction of sp³-hybridized carbons (Fsp3) is 0.533. The molecule has 1 aromatic rings. The molecule has 1 heterocycles. The molecule has 5 nitrogen and oxygen atoms in total. The Hall–Kier alpha value is -1.75. The van der Waals surface area contributed by atoms with Crippen molar-refractivity contribution in [3.63, 3.8) is 0 Å². The molecule has 2 N–H and O–H groups in total. The first-order chi connectivity index (χ1) is 9.56. The summed E-state index contributed by atoms with van der Waals surface area (Å²) in [5.74, 6) is 0.560. The topological polar surface area (TPSA) is 58.8 Å². The summed E-state index contributed by atoms with van der Waals surface area (Å²) in [4.78, 5) is 16.9. The highest BCUT2D eigenvalue weighted by molar-refractivity contribution is 5.97. The third-order valence-electron chi connectivity index (χ3n) is 3.91. The van der Waals surface area contributed by atoms with Crippen molar-refractivity contribution in [1.29, 1.82) is 0 Å². The first-order valence-corrected chi connectivity index (χ1v) is 7.03. The lowest BCUT2D eigenvalue weighted by Gasteiger charge is -2.39. The minimum atomic E-state index is 0.0180. The van der Waals surface area contributed by atoms with Gasteiger partial charge >= 0.3 is 0 Å². The molecule has 0 saturated carbocycles. The van der Waals surface area contributed by atoms with E-state index in [0.717, 1.165) is 26.2 Å². The van der Waals surface area contributed by atoms with Crippen LogP contribution in [0.5, 0.6) is 5.75 Å². The molecule has 110 valence electrons. The molecule has 20 heavy (non-hydrogen) atoms. The van der Waals surface area contributed by atoms with Crippen LogP contribution >= 0.6 is 0 Å². The van der Waals surface area contributed by atoms with Crippen LogP contribution in [-0.4, -0.2) is 55.0 Å². The fourth-order valence-electron chi connectivity index (χ4n) is 2.70. The lowest BCUT2D eigenvalue weighted by Crippen LogP contribution is -2.53. The van der Waals surface area contributed by atoms with Gasteiger partial charge in [0.2, 0.25) is 0 Å². The van der Waals surface area contributed by atoms with Crippen molar-refractivity contribution in [3.8, 4) is 5.75 Å². The maximum Gasteiger partial charge on any atom is 0.257 e. The summed E-state index contributed by atoms with van der Waals surface area (Å²) in [7, 11) is 1.56. The summed E-state index contributed by atoms with van der Waals surface area (Å²) in [6, 6.07) is 5.56. The van der Waals surface area contributed by atoms with Gasteiger partial charge in [0.25, 0.3) is 5.91 Å². The second-order valence-electron chi connectivity index (χ2n) is 5.19. The number of nitrogens with zero attached hydrogens (tertiary/aromatic N) is 2. The van der Waals surface area contributed by atoms with Gasteiger partial charge in [-0.05, 0) is 25.6 Å². The number of rotatable bonds is 3. The third kappa shape index (κ3) is 2.88. The van der Waals surface area contributed by atoms with Gasteiger partial charge in [0.15, 0.2) is 0 Å². The minimum Gasteiger partial charge on any atom is -0.496 e. The molecule has 1 unspecified atom stereocenters. The lowest BCUT2D eigenvalue weighted by atomic mass is 10.1. The predicted octanol–water partition coefficient (Wildman–Crippen LogP) is 1.44. The van der Waals surface area contributed by atoms with E-state index in [1.54, 1.807) is 25.3 Å². The van der Waals surface area contributed by atoms with E-state index in [-0.39, 0.29) is 5.91 Å². The van der Waals surface area contributed by atoms with E-state index in [1.807, 2.05) is 4.90 Å². The summed E-state index contributed by atoms with van der Waals surface area (Å²) < 4.78 is 5.27. The van der Waals surface area contributed by atoms with Gasteiger partial charge in [0, 0.05) is 37.4 Å². The number of nitrogens with two attached hydrogens (primary N) is 1. The van der Waals surface area contributed by atoms with Crippen LogP contribution in [0, 0.1) is 0 Å². The highest BCUT2D eigenvalue weighted by Crippen LogP contribution is 2.24. The number of ether oxygens (including phenoxy) is 1. The molecule has 1 aromatic carbocycles. The zero-order valence-corrected chi connectivity index (χ0v) is 12.4. The lowest BCUT2D eigenvalue weighted by molar-refractivity contribution is 0.0525. The van der Waals surface area contributed by atoms with E-state index in [4.69, 9.17) is 10.5 Å². The van der Waals surface area contributed by atoms with Gasteiger partial charge in [-0.3, -0.25) is 9.69 Å². The van der Waals surface area contributed by atoms with Crippen LogP contribution in [-0.2, 0) is 0 Å². The molecule has 1 fully saturated rings. The molecular formula is C15H23N3O2. The second-order valence-corrected chi connectivity index (χ2v) is 5.19. The van der Waals surface area contributed by atoms with Gasteiger partial charge in [-0.1, -0.05) is 6.92 Å². The van der Waals surface area contributed by atoms with Gasteiger partial charge in [0.05, 0.1) is 12.7 Å². The number of carbonyl (C=O) groups is 1. The Morgan fingerprint density at radius 2 is 2.20 bits per heavy atom. The molecule has 1 aliphatic rings. The first-order valence-electron chi connectivity index (χ1n) is 7.03. The molecule has 5 heteroatoms. The molecule has 1 aliphatic heterocycles. The smallest absolute Gasteiger partial charge is 0.257 e. The Morgan fingerprint density at radius 1 is 1.45 bits per heavy atom. The average Bonchev–Trinajstić information content (AvgIpc) is 2.46. The van der Waals surface area contributed by atoms with E-state index in [2.05, 4.69) is 18.7 Å². The molecule has 0 aliphatic carbocycles. The molecule has 0 bridgehead atoms. The van der Waals surface area contributed by atoms with Crippen LogP contribution in [0.25, 0.3) is 0 Å². The second kappa shape index (κ2) is 6.13. The Labute approximate surface area is 120 Å². The van der Waals surface area contributed by atoms with Gasteiger partial charge in [0.1, 0.15) is 5.75 Å². The number of likely N-dealkylation sites (N-methyl/N-ethyl adjacent to an activating group) is 1. The van der Waals surface area contributed by atoms with Crippen molar-refractivity contribution >= 4 is 11.6 Å². The standard InChI is InChI=1S/C15H23N3O2/c1-4-17-7-8-18(10-11(17)2)15(19)13-6-5-12(16)9-14(13)20-3/h5-6,9,11H,4,7-8,10,16H2,1-3H3. The third-order valence-corrected chi connectivity index (χ3v) is 3.91. The van der Waals surface area contributed by atoms with Crippen LogP contribution in [0.15, 0.2) is 18.2 Å². The molecule has 1 saturated heterocycles. The van der Waals surface area contributed by atoms with Crippen LogP contribution in [0.4, 0.5) is 5.69 Å². The zero-order valence-electron chi connectivity index (χ0n) is 12.4. The molecular weight excluding hydrogens is 254 g/mol. The van der Waals surface area contributed by atoms with Crippen molar-refractivity contribution in [3.05, 3.63) is 23.8 Å². The quantitative estimate of drug-likeness (QED) is 0.849. The van der Waals surface area contributed by atoms with Crippen molar-refractivity contribution < 1.29 is 9.53 Å². The highest BCUT2D eigenvalue weighted by Gasteiger charge is 2.27. The number of benzene rings is 1. The molecule has 0 radical (unpaired) electrons. The largest absolute Gasteiger partial charge is 0.496 e. The summed E-state index contributed by atoms with van der Waals surface area (Å²) >= 11 is 0. The maximum atomic E-state index is 12.6. The zero-order chi connectivity index (χ0) is 14.7. The Kier molecular flexibility index (Phi) is 4.49. The molecule has 1 atom stereocenters. The molecule has 1 amide bonds. The number of anilines is 1. The fourth-order valence-corrected chi connectivity index (χ4v) is 2.70. The number of hydrogen-bond donors (Lipinski definition) is 1. The number of hydrogen-bond acceptors (Lipinski definition) is 4. The summed E-state index contributed by atoms with van der Waals surface area (Å²) in [6.07, 6.45) is 0. The van der Waals surface area contributed by atoms with Gasteiger partial charge in [-0.2, -0.15) is 0 Å². The number of nitrogen functional groups attached to an aromatic ring is 1. The predicted molar refractivity (Wildman–Crippen MR) is 80.0 cm³/mol. The first kappa shape index (κ1) is 14.7. The average molecular weight is 277 g/mol. The maximum absolute atomic E-state index is 12.6. The van der Waals surface area contributed by atoms with Crippen molar-refractivity contribution in [1.82, 2.24) is 9.80 Å². The molecule has 0 spiro atoms. The summed E-state index contributed by atoms with van der Waals surface area (Å²) in [6.45, 7) is 7.75. The Morgan fingerprint density at radius 3 is 2.80 bits per heavy atom. The normalized spacial score (nSPS) is 19.9. The SMILES string of the molecule is CCN1CCN(C(=O)c2ccc(N)cc2OC)CC1C. The van der Waals surface area contributed by atoms with Gasteiger partial charge in [-0.25, -0.2) is 0 Å². The van der Waals surface area contributed by atoms with E-state index in [1.165, 1.54) is 0 Å². The van der Waals surface area contributed by atoms with Crippen LogP contribution in [0.2, 0.25) is 0 Å². The van der Waals surface area contributed by atoms with E-state index in [0.29, 0.717) is 23.0 Å². The number of carbonyl (C=O) groups excluding carboxylic acids is 1. The van der Waals surface area contributed by atoms with Gasteiger partial charge < -0.3 is 15.4 Å². The minimum absolute atomic E-state index is 0.0180. The van der Waals surface area contributed by atoms with E-state index >= 15 is 0 Å². The van der Waals surface area contributed by atoms with Gasteiger partial charge in [-0.15, -0.1) is 0 Å². The van der Waals surface area contributed by atoms with Crippen molar-refractivity contribution in [2.75, 3.05) is 39.0 Å². The van der Waals surface area contributed by atoms with Crippen LogP contribution in [0.1, 0.15) is 24.2 Å².